The molecule has 0 bridgehead atoms. The number of ketones is 1. The van der Waals surface area contributed by atoms with Crippen molar-refractivity contribution in [2.45, 2.75) is 62.9 Å². The first-order valence-corrected chi connectivity index (χ1v) is 14.8. The van der Waals surface area contributed by atoms with Crippen molar-refractivity contribution in [3.63, 3.8) is 0 Å². The Morgan fingerprint density at radius 2 is 1.43 bits per heavy atom. The number of alkyl carbamates (subject to hydrolysis) is 1. The number of halogens is 6. The molecule has 0 saturated carbocycles. The maximum atomic E-state index is 13.0. The molecule has 0 heterocycles. The van der Waals surface area contributed by atoms with Gasteiger partial charge in [0.2, 0.25) is 0 Å². The molecule has 2 aromatic rings. The monoisotopic (exact) mass is 656 g/mol. The number of amides is 1. The Balaban J connectivity index is 1.81. The number of Topliss-reactive ketones (excluding diaryl/α,β-unsaturated/α-hetero) is 1. The summed E-state index contributed by atoms with van der Waals surface area (Å²) in [6.45, 7) is 4.73. The van der Waals surface area contributed by atoms with E-state index in [0.717, 1.165) is 18.6 Å². The highest BCUT2D eigenvalue weighted by molar-refractivity contribution is 7.86. The van der Waals surface area contributed by atoms with Gasteiger partial charge in [0, 0.05) is 12.1 Å². The van der Waals surface area contributed by atoms with Crippen molar-refractivity contribution in [3.8, 4) is 5.75 Å². The van der Waals surface area contributed by atoms with Crippen LogP contribution in [-0.4, -0.2) is 58.7 Å². The first kappa shape index (κ1) is 36.8. The smallest absolute Gasteiger partial charge is 0.416 e. The number of alkyl halides is 6. The number of rotatable bonds is 15. The summed E-state index contributed by atoms with van der Waals surface area (Å²) in [5, 5.41) is 5.60. The number of benzene rings is 2. The average molecular weight is 657 g/mol. The second kappa shape index (κ2) is 15.6. The van der Waals surface area contributed by atoms with Crippen LogP contribution >= 0.6 is 0 Å². The summed E-state index contributed by atoms with van der Waals surface area (Å²) in [6, 6.07) is 5.62. The van der Waals surface area contributed by atoms with Crippen LogP contribution in [0.25, 0.3) is 0 Å². The van der Waals surface area contributed by atoms with E-state index in [1.165, 1.54) is 12.1 Å². The summed E-state index contributed by atoms with van der Waals surface area (Å²) < 4.78 is 118. The molecule has 9 nitrogen and oxygen atoms in total. The van der Waals surface area contributed by atoms with Gasteiger partial charge in [0.15, 0.2) is 5.78 Å². The summed E-state index contributed by atoms with van der Waals surface area (Å²) in [4.78, 5) is 23.7. The van der Waals surface area contributed by atoms with Gasteiger partial charge in [-0.2, -0.15) is 34.8 Å². The molecule has 0 fully saturated rings. The number of carbonyl (C=O) groups excluding carboxylic acids is 2. The first-order chi connectivity index (χ1) is 20.3. The molecule has 0 aliphatic carbocycles. The predicted octanol–water partition coefficient (Wildman–Crippen LogP) is 5.98. The highest BCUT2D eigenvalue weighted by Gasteiger charge is 2.37. The van der Waals surface area contributed by atoms with Gasteiger partial charge in [-0.1, -0.05) is 18.6 Å². The van der Waals surface area contributed by atoms with Crippen molar-refractivity contribution in [1.29, 1.82) is 0 Å². The van der Waals surface area contributed by atoms with Crippen LogP contribution in [0.1, 0.15) is 61.5 Å². The van der Waals surface area contributed by atoms with E-state index in [9.17, 15) is 44.3 Å². The van der Waals surface area contributed by atoms with Gasteiger partial charge in [0.1, 0.15) is 24.6 Å². The Kier molecular flexibility index (Phi) is 13.0. The van der Waals surface area contributed by atoms with Crippen LogP contribution in [-0.2, 0) is 31.4 Å². The molecule has 2 aromatic carbocycles. The van der Waals surface area contributed by atoms with E-state index in [0.29, 0.717) is 38.1 Å². The van der Waals surface area contributed by atoms with E-state index in [-0.39, 0.29) is 23.1 Å². The van der Waals surface area contributed by atoms with Crippen LogP contribution in [0.3, 0.4) is 0 Å². The first-order valence-electron chi connectivity index (χ1n) is 13.4. The lowest BCUT2D eigenvalue weighted by molar-refractivity contribution is -0.143. The van der Waals surface area contributed by atoms with E-state index in [4.69, 9.17) is 13.7 Å². The maximum Gasteiger partial charge on any atom is 0.416 e. The molecule has 44 heavy (non-hydrogen) atoms. The van der Waals surface area contributed by atoms with Crippen molar-refractivity contribution >= 4 is 22.0 Å². The summed E-state index contributed by atoms with van der Waals surface area (Å²) in [5.74, 6) is -1.17. The van der Waals surface area contributed by atoms with Gasteiger partial charge in [-0.15, -0.1) is 0 Å². The fourth-order valence-electron chi connectivity index (χ4n) is 3.57. The molecule has 16 heteroatoms. The molecule has 0 unspecified atom stereocenters. The van der Waals surface area contributed by atoms with Gasteiger partial charge in [0.05, 0.1) is 22.6 Å². The molecule has 0 aromatic heterocycles. The third kappa shape index (κ3) is 13.1. The number of carbonyl (C=O) groups is 2. The Morgan fingerprint density at radius 3 is 2.02 bits per heavy atom. The highest BCUT2D eigenvalue weighted by atomic mass is 32.2. The normalized spacial score (nSPS) is 12.6. The average Bonchev–Trinajstić information content (AvgIpc) is 2.90. The fourth-order valence-corrected chi connectivity index (χ4v) is 4.51. The highest BCUT2D eigenvalue weighted by Crippen LogP contribution is 2.38. The number of nitrogens with one attached hydrogen (secondary N) is 2. The second-order valence-corrected chi connectivity index (χ2v) is 12.1. The summed E-state index contributed by atoms with van der Waals surface area (Å²) >= 11 is 0. The van der Waals surface area contributed by atoms with Crippen LogP contribution < -0.4 is 15.4 Å². The number of unbranched alkanes of at least 4 members (excludes halogenated alkanes) is 2. The molecule has 2 N–H and O–H groups in total. The molecule has 0 atom stereocenters. The van der Waals surface area contributed by atoms with Crippen molar-refractivity contribution in [2.75, 3.05) is 32.8 Å². The molecular formula is C28H34F6N2O7S. The van der Waals surface area contributed by atoms with Crippen molar-refractivity contribution < 1.29 is 58.0 Å². The molecule has 0 saturated heterocycles. The van der Waals surface area contributed by atoms with Gasteiger partial charge in [-0.3, -0.25) is 8.98 Å². The van der Waals surface area contributed by atoms with E-state index in [2.05, 4.69) is 10.6 Å². The lowest BCUT2D eigenvalue weighted by atomic mass is 10.1. The Morgan fingerprint density at radius 1 is 0.818 bits per heavy atom. The van der Waals surface area contributed by atoms with Gasteiger partial charge < -0.3 is 20.1 Å². The molecule has 2 rings (SSSR count). The third-order valence-corrected chi connectivity index (χ3v) is 6.89. The molecule has 0 aliphatic heterocycles. The SMILES string of the molecule is CC(C)(C)OC(=O)NCCCCCNCC(=O)c1cccc(S(=O)(=O)OCCOc2cc(C(F)(F)F)cc(C(F)(F)F)c2)c1. The lowest BCUT2D eigenvalue weighted by Gasteiger charge is -2.19. The minimum Gasteiger partial charge on any atom is -0.491 e. The fraction of sp³-hybridized carbons (Fsp3) is 0.500. The van der Waals surface area contributed by atoms with Crippen LogP contribution in [0, 0.1) is 0 Å². The van der Waals surface area contributed by atoms with Crippen molar-refractivity contribution in [2.24, 2.45) is 0 Å². The van der Waals surface area contributed by atoms with Crippen LogP contribution in [0.15, 0.2) is 47.4 Å². The molecule has 0 aliphatic rings. The topological polar surface area (TPSA) is 120 Å². The largest absolute Gasteiger partial charge is 0.491 e. The van der Waals surface area contributed by atoms with Crippen LogP contribution in [0.5, 0.6) is 5.75 Å². The van der Waals surface area contributed by atoms with Crippen molar-refractivity contribution in [1.82, 2.24) is 10.6 Å². The second-order valence-electron chi connectivity index (χ2n) is 10.5. The van der Waals surface area contributed by atoms with E-state index < -0.39 is 70.0 Å². The van der Waals surface area contributed by atoms with E-state index >= 15 is 0 Å². The molecule has 246 valence electrons. The minimum absolute atomic E-state index is 0.0629. The zero-order valence-electron chi connectivity index (χ0n) is 24.2. The maximum absolute atomic E-state index is 13.0. The molecular weight excluding hydrogens is 622 g/mol. The van der Waals surface area contributed by atoms with Gasteiger partial charge in [0.25, 0.3) is 10.1 Å². The van der Waals surface area contributed by atoms with E-state index in [1.54, 1.807) is 20.8 Å². The van der Waals surface area contributed by atoms with Gasteiger partial charge in [-0.25, -0.2) is 4.79 Å². The zero-order chi connectivity index (χ0) is 33.2. The summed E-state index contributed by atoms with van der Waals surface area (Å²) in [7, 11) is -4.44. The molecule has 0 radical (unpaired) electrons. The standard InChI is InChI=1S/C28H34F6N2O7S/c1-26(2,3)43-25(38)36-11-6-4-5-10-35-18-24(37)19-8-7-9-23(14-19)44(39,40)42-13-12-41-22-16-20(27(29,30)31)15-21(17-22)28(32,33)34/h7-9,14-17,35H,4-6,10-13,18H2,1-3H3,(H,36,38). The van der Waals surface area contributed by atoms with E-state index in [1.807, 2.05) is 0 Å². The summed E-state index contributed by atoms with van der Waals surface area (Å²) in [5.41, 5.74) is -3.68. The Hall–Kier alpha value is -3.37. The predicted molar refractivity (Wildman–Crippen MR) is 147 cm³/mol. The molecule has 0 spiro atoms. The molecule has 1 amide bonds. The van der Waals surface area contributed by atoms with Crippen molar-refractivity contribution in [3.05, 3.63) is 59.2 Å². The van der Waals surface area contributed by atoms with Crippen LogP contribution in [0.2, 0.25) is 0 Å². The number of hydrogen-bond donors (Lipinski definition) is 2. The quantitative estimate of drug-likeness (QED) is 0.104. The van der Waals surface area contributed by atoms with Crippen LogP contribution in [0.4, 0.5) is 31.1 Å². The lowest BCUT2D eigenvalue weighted by Crippen LogP contribution is -2.33. The Bertz CT molecular complexity index is 1340. The number of ether oxygens (including phenoxy) is 2. The number of hydrogen-bond acceptors (Lipinski definition) is 8. The van der Waals surface area contributed by atoms with Gasteiger partial charge in [-0.05, 0) is 70.5 Å². The minimum atomic E-state index is -5.07. The van der Waals surface area contributed by atoms with Gasteiger partial charge >= 0.3 is 18.4 Å². The third-order valence-electron chi connectivity index (χ3n) is 5.58. The zero-order valence-corrected chi connectivity index (χ0v) is 25.0. The summed E-state index contributed by atoms with van der Waals surface area (Å²) in [6.07, 6.45) is -8.45. The Labute approximate surface area is 251 Å².